The van der Waals surface area contributed by atoms with E-state index in [1.165, 1.54) is 0 Å². The van der Waals surface area contributed by atoms with Gasteiger partial charge in [-0.3, -0.25) is 9.59 Å². The van der Waals surface area contributed by atoms with Gasteiger partial charge in [0.25, 0.3) is 5.91 Å². The molecule has 0 aliphatic carbocycles. The first kappa shape index (κ1) is 15.8. The number of amides is 1. The predicted octanol–water partition coefficient (Wildman–Crippen LogP) is 1.39. The number of rotatable bonds is 3. The van der Waals surface area contributed by atoms with Crippen molar-refractivity contribution in [2.45, 2.75) is 39.7 Å². The van der Waals surface area contributed by atoms with Crippen LogP contribution in [-0.2, 0) is 16.1 Å². The van der Waals surface area contributed by atoms with E-state index in [0.717, 1.165) is 18.5 Å². The van der Waals surface area contributed by atoms with Gasteiger partial charge < -0.3 is 14.4 Å². The second-order valence-corrected chi connectivity index (χ2v) is 6.02. The van der Waals surface area contributed by atoms with E-state index in [2.05, 4.69) is 5.10 Å². The topological polar surface area (TPSA) is 73.7 Å². The first-order valence-corrected chi connectivity index (χ1v) is 8.28. The molecule has 0 atom stereocenters. The van der Waals surface area contributed by atoms with Crippen LogP contribution in [0, 0.1) is 12.8 Å². The number of nitrogens with zero attached hydrogens (tertiary/aromatic N) is 3. The molecule has 7 nitrogen and oxygen atoms in total. The van der Waals surface area contributed by atoms with E-state index in [1.54, 1.807) is 9.58 Å². The Bertz CT molecular complexity index is 603. The number of ether oxygens (including phenoxy) is 2. The molecule has 7 heteroatoms. The number of piperidine rings is 1. The number of esters is 1. The first-order chi connectivity index (χ1) is 11.1. The van der Waals surface area contributed by atoms with Crippen molar-refractivity contribution in [2.24, 2.45) is 5.92 Å². The normalized spacial score (nSPS) is 18.3. The van der Waals surface area contributed by atoms with Gasteiger partial charge in [-0.05, 0) is 26.7 Å². The van der Waals surface area contributed by atoms with Gasteiger partial charge in [0.15, 0.2) is 5.69 Å². The quantitative estimate of drug-likeness (QED) is 0.787. The van der Waals surface area contributed by atoms with Crippen molar-refractivity contribution >= 4 is 11.9 Å². The summed E-state index contributed by atoms with van der Waals surface area (Å²) in [7, 11) is 0. The Kier molecular flexibility index (Phi) is 4.54. The van der Waals surface area contributed by atoms with Crippen molar-refractivity contribution in [3.05, 3.63) is 11.3 Å². The van der Waals surface area contributed by atoms with Gasteiger partial charge in [-0.1, -0.05) is 0 Å². The number of aryl methyl sites for hydroxylation is 1. The van der Waals surface area contributed by atoms with Crippen molar-refractivity contribution in [1.82, 2.24) is 14.7 Å². The maximum Gasteiger partial charge on any atom is 0.309 e. The Morgan fingerprint density at radius 2 is 2.04 bits per heavy atom. The van der Waals surface area contributed by atoms with Crippen LogP contribution in [0.1, 0.15) is 42.2 Å². The van der Waals surface area contributed by atoms with Crippen LogP contribution in [0.5, 0.6) is 5.88 Å². The number of hydrogen-bond acceptors (Lipinski definition) is 5. The Labute approximate surface area is 135 Å². The van der Waals surface area contributed by atoms with Gasteiger partial charge in [-0.15, -0.1) is 0 Å². The molecule has 0 bridgehead atoms. The lowest BCUT2D eigenvalue weighted by molar-refractivity contribution is -0.149. The number of carbonyl (C=O) groups is 2. The van der Waals surface area contributed by atoms with Gasteiger partial charge in [-0.2, -0.15) is 5.10 Å². The SMILES string of the molecule is CCOC(=O)C1CCN(C(=O)c2nn3c(c2C)OCCC3)CC1. The minimum atomic E-state index is -0.151. The van der Waals surface area contributed by atoms with E-state index >= 15 is 0 Å². The second kappa shape index (κ2) is 6.60. The lowest BCUT2D eigenvalue weighted by Gasteiger charge is -2.30. The predicted molar refractivity (Wildman–Crippen MR) is 82.3 cm³/mol. The average Bonchev–Trinajstić information content (AvgIpc) is 2.92. The molecule has 3 rings (SSSR count). The number of fused-ring (bicyclic) bond motifs is 1. The zero-order valence-electron chi connectivity index (χ0n) is 13.7. The fourth-order valence-electron chi connectivity index (χ4n) is 3.18. The lowest BCUT2D eigenvalue weighted by Crippen LogP contribution is -2.41. The highest BCUT2D eigenvalue weighted by molar-refractivity contribution is 5.94. The third kappa shape index (κ3) is 3.04. The molecule has 1 aromatic rings. The van der Waals surface area contributed by atoms with Crippen molar-refractivity contribution in [3.63, 3.8) is 0 Å². The Hall–Kier alpha value is -2.05. The standard InChI is InChI=1S/C16H23N3O4/c1-3-22-16(21)12-5-8-18(9-6-12)14(20)13-11(2)15-19(17-13)7-4-10-23-15/h12H,3-10H2,1-2H3. The molecule has 0 N–H and O–H groups in total. The molecule has 1 amide bonds. The maximum atomic E-state index is 12.7. The zero-order chi connectivity index (χ0) is 16.4. The maximum absolute atomic E-state index is 12.7. The van der Waals surface area contributed by atoms with Crippen LogP contribution >= 0.6 is 0 Å². The van der Waals surface area contributed by atoms with Gasteiger partial charge in [0.05, 0.1) is 19.1 Å². The van der Waals surface area contributed by atoms with Crippen LogP contribution in [-0.4, -0.2) is 52.9 Å². The molecule has 3 heterocycles. The second-order valence-electron chi connectivity index (χ2n) is 6.02. The average molecular weight is 321 g/mol. The van der Waals surface area contributed by atoms with Crippen LogP contribution in [0.15, 0.2) is 0 Å². The summed E-state index contributed by atoms with van der Waals surface area (Å²) in [6.45, 7) is 6.66. The molecule has 1 aromatic heterocycles. The molecule has 0 saturated carbocycles. The molecule has 1 fully saturated rings. The van der Waals surface area contributed by atoms with E-state index in [0.29, 0.717) is 50.7 Å². The Balaban J connectivity index is 1.66. The lowest BCUT2D eigenvalue weighted by atomic mass is 9.96. The molecule has 23 heavy (non-hydrogen) atoms. The van der Waals surface area contributed by atoms with Crippen molar-refractivity contribution in [3.8, 4) is 5.88 Å². The van der Waals surface area contributed by atoms with Crippen LogP contribution in [0.3, 0.4) is 0 Å². The van der Waals surface area contributed by atoms with Crippen LogP contribution in [0.25, 0.3) is 0 Å². The van der Waals surface area contributed by atoms with E-state index < -0.39 is 0 Å². The third-order valence-corrected chi connectivity index (χ3v) is 4.49. The number of likely N-dealkylation sites (tertiary alicyclic amines) is 1. The highest BCUT2D eigenvalue weighted by Crippen LogP contribution is 2.27. The summed E-state index contributed by atoms with van der Waals surface area (Å²) in [5.74, 6) is 0.386. The van der Waals surface area contributed by atoms with E-state index in [9.17, 15) is 9.59 Å². The van der Waals surface area contributed by atoms with Gasteiger partial charge in [0.1, 0.15) is 0 Å². The largest absolute Gasteiger partial charge is 0.478 e. The van der Waals surface area contributed by atoms with E-state index in [1.807, 2.05) is 13.8 Å². The summed E-state index contributed by atoms with van der Waals surface area (Å²) in [4.78, 5) is 26.3. The Morgan fingerprint density at radius 3 is 2.70 bits per heavy atom. The molecule has 2 aliphatic rings. The summed E-state index contributed by atoms with van der Waals surface area (Å²) in [6.07, 6.45) is 2.20. The zero-order valence-corrected chi connectivity index (χ0v) is 13.7. The van der Waals surface area contributed by atoms with E-state index in [4.69, 9.17) is 9.47 Å². The van der Waals surface area contributed by atoms with Crippen molar-refractivity contribution in [2.75, 3.05) is 26.3 Å². The van der Waals surface area contributed by atoms with Gasteiger partial charge in [0.2, 0.25) is 5.88 Å². The Morgan fingerprint density at radius 1 is 1.30 bits per heavy atom. The fraction of sp³-hybridized carbons (Fsp3) is 0.688. The molecule has 1 saturated heterocycles. The highest BCUT2D eigenvalue weighted by Gasteiger charge is 2.31. The number of hydrogen-bond donors (Lipinski definition) is 0. The molecule has 2 aliphatic heterocycles. The minimum Gasteiger partial charge on any atom is -0.478 e. The summed E-state index contributed by atoms with van der Waals surface area (Å²) in [5, 5.41) is 4.42. The summed E-state index contributed by atoms with van der Waals surface area (Å²) in [5.41, 5.74) is 1.28. The molecular weight excluding hydrogens is 298 g/mol. The van der Waals surface area contributed by atoms with Gasteiger partial charge in [-0.25, -0.2) is 4.68 Å². The van der Waals surface area contributed by atoms with Crippen molar-refractivity contribution < 1.29 is 19.1 Å². The van der Waals surface area contributed by atoms with Crippen molar-refractivity contribution in [1.29, 1.82) is 0 Å². The number of carbonyl (C=O) groups excluding carboxylic acids is 2. The smallest absolute Gasteiger partial charge is 0.309 e. The highest BCUT2D eigenvalue weighted by atomic mass is 16.5. The summed E-state index contributed by atoms with van der Waals surface area (Å²) in [6, 6.07) is 0. The van der Waals surface area contributed by atoms with Gasteiger partial charge in [0, 0.05) is 31.6 Å². The molecular formula is C16H23N3O4. The van der Waals surface area contributed by atoms with E-state index in [-0.39, 0.29) is 17.8 Å². The van der Waals surface area contributed by atoms with Crippen LogP contribution in [0.2, 0.25) is 0 Å². The summed E-state index contributed by atoms with van der Waals surface area (Å²) < 4.78 is 12.5. The molecule has 126 valence electrons. The summed E-state index contributed by atoms with van der Waals surface area (Å²) >= 11 is 0. The molecule has 0 aromatic carbocycles. The molecule has 0 spiro atoms. The fourth-order valence-corrected chi connectivity index (χ4v) is 3.18. The molecule has 0 unspecified atom stereocenters. The van der Waals surface area contributed by atoms with Crippen LogP contribution in [0.4, 0.5) is 0 Å². The van der Waals surface area contributed by atoms with Crippen LogP contribution < -0.4 is 4.74 Å². The third-order valence-electron chi connectivity index (χ3n) is 4.49. The molecule has 0 radical (unpaired) electrons. The number of aromatic nitrogens is 2. The minimum absolute atomic E-state index is 0.0738. The first-order valence-electron chi connectivity index (χ1n) is 8.28. The van der Waals surface area contributed by atoms with Gasteiger partial charge >= 0.3 is 5.97 Å². The monoisotopic (exact) mass is 321 g/mol.